The minimum absolute atomic E-state index is 0. The summed E-state index contributed by atoms with van der Waals surface area (Å²) >= 11 is 0. The summed E-state index contributed by atoms with van der Waals surface area (Å²) in [4.78, 5) is 4.59. The van der Waals surface area contributed by atoms with Gasteiger partial charge in [-0.3, -0.25) is 0 Å². The van der Waals surface area contributed by atoms with E-state index in [1.807, 2.05) is 73.7 Å². The van der Waals surface area contributed by atoms with E-state index in [0.29, 0.717) is 6.61 Å². The third-order valence-electron chi connectivity index (χ3n) is 4.38. The average Bonchev–Trinajstić information content (AvgIpc) is 2.68. The Morgan fingerprint density at radius 3 is 2.43 bits per heavy atom. The molecule has 0 aliphatic heterocycles. The van der Waals surface area contributed by atoms with E-state index in [0.717, 1.165) is 39.3 Å². The van der Waals surface area contributed by atoms with E-state index < -0.39 is 0 Å². The van der Waals surface area contributed by atoms with Gasteiger partial charge in [0.2, 0.25) is 0 Å². The third kappa shape index (κ3) is 4.35. The van der Waals surface area contributed by atoms with Gasteiger partial charge in [0.1, 0.15) is 23.9 Å². The van der Waals surface area contributed by atoms with Crippen molar-refractivity contribution in [3.63, 3.8) is 0 Å². The van der Waals surface area contributed by atoms with Gasteiger partial charge in [-0.1, -0.05) is 36.4 Å². The van der Waals surface area contributed by atoms with Crippen LogP contribution in [0.4, 0.5) is 11.5 Å². The van der Waals surface area contributed by atoms with Crippen LogP contribution in [0, 0.1) is 6.92 Å². The Hall–Kier alpha value is -3.24. The van der Waals surface area contributed by atoms with Crippen molar-refractivity contribution in [2.75, 3.05) is 5.32 Å². The first-order valence-electron chi connectivity index (χ1n) is 8.82. The average molecular weight is 393 g/mol. The molecule has 142 valence electrons. The lowest BCUT2D eigenvalue weighted by Crippen LogP contribution is -1.97. The molecule has 3 aromatic carbocycles. The maximum Gasteiger partial charge on any atom is 0.131 e. The van der Waals surface area contributed by atoms with Gasteiger partial charge >= 0.3 is 0 Å². The molecule has 0 saturated carbocycles. The molecule has 1 heterocycles. The van der Waals surface area contributed by atoms with Crippen LogP contribution >= 0.6 is 12.4 Å². The van der Waals surface area contributed by atoms with E-state index in [-0.39, 0.29) is 18.2 Å². The topological polar surface area (TPSA) is 54.4 Å². The van der Waals surface area contributed by atoms with E-state index in [9.17, 15) is 5.11 Å². The predicted octanol–water partition coefficient (Wildman–Crippen LogP) is 5.99. The van der Waals surface area contributed by atoms with E-state index in [1.54, 1.807) is 12.1 Å². The number of nitrogens with one attached hydrogen (secondary N) is 1. The lowest BCUT2D eigenvalue weighted by atomic mass is 10.1. The van der Waals surface area contributed by atoms with Gasteiger partial charge in [-0.05, 0) is 60.5 Å². The molecule has 0 bridgehead atoms. The van der Waals surface area contributed by atoms with Crippen LogP contribution < -0.4 is 10.1 Å². The zero-order valence-corrected chi connectivity index (χ0v) is 16.2. The lowest BCUT2D eigenvalue weighted by Gasteiger charge is -2.11. The molecule has 4 aromatic rings. The van der Waals surface area contributed by atoms with Crippen molar-refractivity contribution in [2.45, 2.75) is 13.5 Å². The van der Waals surface area contributed by atoms with Crippen molar-refractivity contribution >= 4 is 34.8 Å². The number of benzene rings is 3. The summed E-state index contributed by atoms with van der Waals surface area (Å²) in [5.74, 6) is 1.81. The summed E-state index contributed by atoms with van der Waals surface area (Å²) in [5.41, 5.74) is 3.80. The number of hydrogen-bond acceptors (Lipinski definition) is 4. The highest BCUT2D eigenvalue weighted by atomic mass is 35.5. The Kier molecular flexibility index (Phi) is 6.02. The number of nitrogens with zero attached hydrogens (tertiary/aromatic N) is 1. The molecule has 0 radical (unpaired) electrons. The molecule has 0 aliphatic carbocycles. The summed E-state index contributed by atoms with van der Waals surface area (Å²) in [6.45, 7) is 2.51. The normalized spacial score (nSPS) is 10.3. The molecule has 1 aromatic heterocycles. The number of phenolic OH excluding ortho intramolecular Hbond substituents is 1. The molecular weight excluding hydrogens is 372 g/mol. The number of fused-ring (bicyclic) bond motifs is 1. The molecule has 0 fully saturated rings. The maximum atomic E-state index is 10.0. The van der Waals surface area contributed by atoms with Gasteiger partial charge in [0.25, 0.3) is 0 Å². The first-order chi connectivity index (χ1) is 13.2. The molecule has 0 aliphatic rings. The van der Waals surface area contributed by atoms with E-state index in [1.165, 1.54) is 0 Å². The fourth-order valence-corrected chi connectivity index (χ4v) is 3.05. The van der Waals surface area contributed by atoms with E-state index in [2.05, 4.69) is 10.3 Å². The molecule has 5 heteroatoms. The van der Waals surface area contributed by atoms with Gasteiger partial charge in [0.15, 0.2) is 0 Å². The molecule has 0 saturated heterocycles. The Balaban J connectivity index is 0.00000225. The SMILES string of the molecule is Cc1cc(Nc2ccc(OCc3ccccc3)cc2)nc2cccc(O)c12.Cl. The number of ether oxygens (including phenoxy) is 1. The van der Waals surface area contributed by atoms with Gasteiger partial charge < -0.3 is 15.2 Å². The van der Waals surface area contributed by atoms with Crippen LogP contribution in [0.1, 0.15) is 11.1 Å². The number of rotatable bonds is 5. The zero-order chi connectivity index (χ0) is 18.6. The molecule has 0 unspecified atom stereocenters. The smallest absolute Gasteiger partial charge is 0.131 e. The molecule has 0 amide bonds. The molecule has 4 nitrogen and oxygen atoms in total. The standard InChI is InChI=1S/C23H20N2O2.ClH/c1-16-14-22(25-20-8-5-9-21(26)23(16)20)24-18-10-12-19(13-11-18)27-15-17-6-3-2-4-7-17;/h2-14,26H,15H2,1H3,(H,24,25);1H. The Morgan fingerprint density at radius 1 is 0.929 bits per heavy atom. The minimum atomic E-state index is 0. The monoisotopic (exact) mass is 392 g/mol. The predicted molar refractivity (Wildman–Crippen MR) is 116 cm³/mol. The Labute approximate surface area is 170 Å². The number of halogens is 1. The lowest BCUT2D eigenvalue weighted by molar-refractivity contribution is 0.306. The van der Waals surface area contributed by atoms with Crippen LogP contribution in [-0.2, 0) is 6.61 Å². The molecule has 0 spiro atoms. The highest BCUT2D eigenvalue weighted by molar-refractivity contribution is 5.89. The van der Waals surface area contributed by atoms with Gasteiger partial charge in [0, 0.05) is 11.1 Å². The number of aromatic hydroxyl groups is 1. The zero-order valence-electron chi connectivity index (χ0n) is 15.4. The molecular formula is C23H21ClN2O2. The summed E-state index contributed by atoms with van der Waals surface area (Å²) in [5, 5.41) is 14.1. The van der Waals surface area contributed by atoms with Crippen molar-refractivity contribution in [1.82, 2.24) is 4.98 Å². The highest BCUT2D eigenvalue weighted by Gasteiger charge is 2.07. The summed E-state index contributed by atoms with van der Waals surface area (Å²) < 4.78 is 5.82. The minimum Gasteiger partial charge on any atom is -0.507 e. The Morgan fingerprint density at radius 2 is 1.68 bits per heavy atom. The first-order valence-corrected chi connectivity index (χ1v) is 8.82. The molecule has 2 N–H and O–H groups in total. The maximum absolute atomic E-state index is 10.0. The molecule has 28 heavy (non-hydrogen) atoms. The fraction of sp³-hybridized carbons (Fsp3) is 0.0870. The van der Waals surface area contributed by atoms with Crippen LogP contribution in [0.25, 0.3) is 10.9 Å². The van der Waals surface area contributed by atoms with Gasteiger partial charge in [-0.25, -0.2) is 4.98 Å². The largest absolute Gasteiger partial charge is 0.507 e. The van der Waals surface area contributed by atoms with Crippen LogP contribution in [0.3, 0.4) is 0 Å². The van der Waals surface area contributed by atoms with Crippen molar-refractivity contribution in [3.8, 4) is 11.5 Å². The highest BCUT2D eigenvalue weighted by Crippen LogP contribution is 2.29. The Bertz CT molecular complexity index is 1070. The second-order valence-corrected chi connectivity index (χ2v) is 6.42. The number of aromatic nitrogens is 1. The molecule has 0 atom stereocenters. The number of anilines is 2. The van der Waals surface area contributed by atoms with Crippen molar-refractivity contribution in [2.24, 2.45) is 0 Å². The van der Waals surface area contributed by atoms with Gasteiger partial charge in [-0.15, -0.1) is 12.4 Å². The number of pyridine rings is 1. The van der Waals surface area contributed by atoms with Crippen LogP contribution in [0.15, 0.2) is 78.9 Å². The molecule has 4 rings (SSSR count). The van der Waals surface area contributed by atoms with Crippen LogP contribution in [-0.4, -0.2) is 10.1 Å². The van der Waals surface area contributed by atoms with Crippen molar-refractivity contribution in [1.29, 1.82) is 0 Å². The quantitative estimate of drug-likeness (QED) is 0.437. The van der Waals surface area contributed by atoms with E-state index in [4.69, 9.17) is 4.74 Å². The fourth-order valence-electron chi connectivity index (χ4n) is 3.05. The summed E-state index contributed by atoms with van der Waals surface area (Å²) in [7, 11) is 0. The van der Waals surface area contributed by atoms with Crippen LogP contribution in [0.2, 0.25) is 0 Å². The van der Waals surface area contributed by atoms with E-state index >= 15 is 0 Å². The number of phenols is 1. The second-order valence-electron chi connectivity index (χ2n) is 6.42. The first kappa shape index (κ1) is 19.5. The second kappa shape index (κ2) is 8.63. The van der Waals surface area contributed by atoms with Gasteiger partial charge in [0.05, 0.1) is 5.52 Å². The third-order valence-corrected chi connectivity index (χ3v) is 4.38. The van der Waals surface area contributed by atoms with Gasteiger partial charge in [-0.2, -0.15) is 0 Å². The number of aryl methyl sites for hydroxylation is 1. The van der Waals surface area contributed by atoms with Crippen LogP contribution in [0.5, 0.6) is 11.5 Å². The van der Waals surface area contributed by atoms with Crippen molar-refractivity contribution in [3.05, 3.63) is 90.0 Å². The van der Waals surface area contributed by atoms with Crippen molar-refractivity contribution < 1.29 is 9.84 Å². The summed E-state index contributed by atoms with van der Waals surface area (Å²) in [6, 6.07) is 25.2. The number of hydrogen-bond donors (Lipinski definition) is 2. The summed E-state index contributed by atoms with van der Waals surface area (Å²) in [6.07, 6.45) is 0.